The largest absolute Gasteiger partial charge is 0.238 e. The second-order valence-electron chi connectivity index (χ2n) is 1.34. The van der Waals surface area contributed by atoms with Crippen LogP contribution >= 0.6 is 34.7 Å². The van der Waals surface area contributed by atoms with E-state index in [0.29, 0.717) is 5.88 Å². The van der Waals surface area contributed by atoms with Crippen molar-refractivity contribution in [1.29, 1.82) is 0 Å². The van der Waals surface area contributed by atoms with E-state index >= 15 is 0 Å². The quantitative estimate of drug-likeness (QED) is 0.523. The molecule has 1 rings (SSSR count). The standard InChI is InChI=1S/C5H6ClNS2/c6-1-3-8-5-7-2-4-9-5/h2,4H,1,3H2. The number of hydrogen-bond donors (Lipinski definition) is 0. The molecule has 0 radical (unpaired) electrons. The summed E-state index contributed by atoms with van der Waals surface area (Å²) in [5.74, 6) is 1.65. The van der Waals surface area contributed by atoms with Gasteiger partial charge in [-0.1, -0.05) is 11.8 Å². The zero-order valence-corrected chi connectivity index (χ0v) is 7.10. The Labute approximate surface area is 67.4 Å². The molecule has 0 aromatic carbocycles. The summed E-state index contributed by atoms with van der Waals surface area (Å²) >= 11 is 8.83. The Balaban J connectivity index is 2.30. The van der Waals surface area contributed by atoms with Gasteiger partial charge in [0.05, 0.1) is 0 Å². The normalized spacial score (nSPS) is 9.89. The molecule has 0 fully saturated rings. The molecule has 1 aromatic rings. The Morgan fingerprint density at radius 3 is 3.22 bits per heavy atom. The Bertz CT molecular complexity index is 152. The van der Waals surface area contributed by atoms with E-state index in [0.717, 1.165) is 10.1 Å². The van der Waals surface area contributed by atoms with Crippen LogP contribution in [0.4, 0.5) is 0 Å². The number of aromatic nitrogens is 1. The number of hydrogen-bond acceptors (Lipinski definition) is 3. The highest BCUT2D eigenvalue weighted by Crippen LogP contribution is 2.19. The average molecular weight is 180 g/mol. The maximum absolute atomic E-state index is 5.47. The van der Waals surface area contributed by atoms with Crippen molar-refractivity contribution >= 4 is 34.7 Å². The third-order valence-electron chi connectivity index (χ3n) is 0.712. The van der Waals surface area contributed by atoms with Crippen molar-refractivity contribution in [2.24, 2.45) is 0 Å². The first-order valence-corrected chi connectivity index (χ1v) is 4.91. The molecular formula is C5H6ClNS2. The van der Waals surface area contributed by atoms with E-state index in [1.54, 1.807) is 29.3 Å². The molecule has 1 aromatic heterocycles. The number of nitrogens with zero attached hydrogens (tertiary/aromatic N) is 1. The van der Waals surface area contributed by atoms with Gasteiger partial charge in [0.1, 0.15) is 4.34 Å². The number of halogens is 1. The lowest BCUT2D eigenvalue weighted by Crippen LogP contribution is -1.76. The average Bonchev–Trinajstić information content (AvgIpc) is 2.34. The fraction of sp³-hybridized carbons (Fsp3) is 0.400. The molecule has 0 saturated heterocycles. The van der Waals surface area contributed by atoms with E-state index < -0.39 is 0 Å². The minimum absolute atomic E-state index is 0.699. The summed E-state index contributed by atoms with van der Waals surface area (Å²) in [6.45, 7) is 0. The topological polar surface area (TPSA) is 12.9 Å². The smallest absolute Gasteiger partial charge is 0.149 e. The van der Waals surface area contributed by atoms with Gasteiger partial charge in [-0.2, -0.15) is 0 Å². The highest BCUT2D eigenvalue weighted by molar-refractivity contribution is 8.01. The van der Waals surface area contributed by atoms with Crippen LogP contribution in [0, 0.1) is 0 Å². The van der Waals surface area contributed by atoms with Gasteiger partial charge in [0.15, 0.2) is 0 Å². The fourth-order valence-electron chi connectivity index (χ4n) is 0.408. The first kappa shape index (κ1) is 7.38. The summed E-state index contributed by atoms with van der Waals surface area (Å²) in [7, 11) is 0. The van der Waals surface area contributed by atoms with Crippen LogP contribution in [0.25, 0.3) is 0 Å². The van der Waals surface area contributed by atoms with Gasteiger partial charge in [-0.05, 0) is 0 Å². The van der Waals surface area contributed by atoms with Crippen molar-refractivity contribution in [1.82, 2.24) is 4.98 Å². The molecule has 0 N–H and O–H groups in total. The van der Waals surface area contributed by atoms with E-state index in [-0.39, 0.29) is 0 Å². The van der Waals surface area contributed by atoms with Crippen molar-refractivity contribution in [2.75, 3.05) is 11.6 Å². The van der Waals surface area contributed by atoms with Crippen LogP contribution in [0.15, 0.2) is 15.9 Å². The molecule has 0 unspecified atom stereocenters. The highest BCUT2D eigenvalue weighted by Gasteiger charge is 1.92. The molecule has 1 nitrogen and oxygen atoms in total. The van der Waals surface area contributed by atoms with Gasteiger partial charge in [-0.3, -0.25) is 0 Å². The van der Waals surface area contributed by atoms with Gasteiger partial charge in [-0.15, -0.1) is 22.9 Å². The fourth-order valence-corrected chi connectivity index (χ4v) is 2.07. The third kappa shape index (κ3) is 2.56. The van der Waals surface area contributed by atoms with Crippen LogP contribution in [0.2, 0.25) is 0 Å². The molecular weight excluding hydrogens is 174 g/mol. The van der Waals surface area contributed by atoms with Gasteiger partial charge in [0, 0.05) is 23.2 Å². The zero-order valence-electron chi connectivity index (χ0n) is 4.71. The Hall–Kier alpha value is 0.270. The molecule has 50 valence electrons. The molecule has 0 bridgehead atoms. The minimum Gasteiger partial charge on any atom is -0.238 e. The predicted molar refractivity (Wildman–Crippen MR) is 43.6 cm³/mol. The van der Waals surface area contributed by atoms with Crippen molar-refractivity contribution in [2.45, 2.75) is 4.34 Å². The SMILES string of the molecule is ClCCSc1nccs1. The summed E-state index contributed by atoms with van der Waals surface area (Å²) < 4.78 is 1.11. The molecule has 0 saturated carbocycles. The van der Waals surface area contributed by atoms with Crippen LogP contribution in [-0.4, -0.2) is 16.6 Å². The van der Waals surface area contributed by atoms with Crippen molar-refractivity contribution < 1.29 is 0 Å². The maximum atomic E-state index is 5.47. The monoisotopic (exact) mass is 179 g/mol. The summed E-state index contributed by atoms with van der Waals surface area (Å²) in [6.07, 6.45) is 1.81. The first-order chi connectivity index (χ1) is 4.43. The van der Waals surface area contributed by atoms with Crippen molar-refractivity contribution in [3.8, 4) is 0 Å². The van der Waals surface area contributed by atoms with Crippen molar-refractivity contribution in [3.63, 3.8) is 0 Å². The zero-order chi connectivity index (χ0) is 6.53. The number of alkyl halides is 1. The lowest BCUT2D eigenvalue weighted by atomic mass is 11.0. The number of thiazole rings is 1. The second kappa shape index (κ2) is 4.14. The summed E-state index contributed by atoms with van der Waals surface area (Å²) in [4.78, 5) is 4.08. The molecule has 1 heterocycles. The molecule has 9 heavy (non-hydrogen) atoms. The summed E-state index contributed by atoms with van der Waals surface area (Å²) in [5.41, 5.74) is 0. The molecule has 0 spiro atoms. The third-order valence-corrected chi connectivity index (χ3v) is 3.09. The first-order valence-electron chi connectivity index (χ1n) is 2.52. The van der Waals surface area contributed by atoms with Crippen molar-refractivity contribution in [3.05, 3.63) is 11.6 Å². The minimum atomic E-state index is 0.699. The predicted octanol–water partition coefficient (Wildman–Crippen LogP) is 2.47. The van der Waals surface area contributed by atoms with E-state index in [9.17, 15) is 0 Å². The molecule has 0 amide bonds. The van der Waals surface area contributed by atoms with E-state index in [2.05, 4.69) is 4.98 Å². The Kier molecular flexibility index (Phi) is 3.40. The number of thioether (sulfide) groups is 1. The second-order valence-corrected chi connectivity index (χ2v) is 3.95. The van der Waals surface area contributed by atoms with Gasteiger partial charge < -0.3 is 0 Å². The van der Waals surface area contributed by atoms with E-state index in [1.165, 1.54) is 0 Å². The van der Waals surface area contributed by atoms with Gasteiger partial charge >= 0.3 is 0 Å². The lowest BCUT2D eigenvalue weighted by Gasteiger charge is -1.87. The van der Waals surface area contributed by atoms with Gasteiger partial charge in [-0.25, -0.2) is 4.98 Å². The van der Waals surface area contributed by atoms with Crippen LogP contribution in [0.3, 0.4) is 0 Å². The van der Waals surface area contributed by atoms with Gasteiger partial charge in [0.2, 0.25) is 0 Å². The molecule has 0 aliphatic carbocycles. The molecule has 0 atom stereocenters. The van der Waals surface area contributed by atoms with E-state index in [1.807, 2.05) is 5.38 Å². The van der Waals surface area contributed by atoms with Crippen LogP contribution < -0.4 is 0 Å². The summed E-state index contributed by atoms with van der Waals surface area (Å²) in [5, 5.41) is 1.97. The van der Waals surface area contributed by atoms with Crippen LogP contribution in [0.1, 0.15) is 0 Å². The van der Waals surface area contributed by atoms with E-state index in [4.69, 9.17) is 11.6 Å². The van der Waals surface area contributed by atoms with Gasteiger partial charge in [0.25, 0.3) is 0 Å². The van der Waals surface area contributed by atoms with Crippen LogP contribution in [-0.2, 0) is 0 Å². The molecule has 0 aliphatic heterocycles. The number of rotatable bonds is 3. The molecule has 4 heteroatoms. The highest BCUT2D eigenvalue weighted by atomic mass is 35.5. The Morgan fingerprint density at radius 2 is 2.67 bits per heavy atom. The maximum Gasteiger partial charge on any atom is 0.149 e. The summed E-state index contributed by atoms with van der Waals surface area (Å²) in [6, 6.07) is 0. The molecule has 0 aliphatic rings. The van der Waals surface area contributed by atoms with Crippen LogP contribution in [0.5, 0.6) is 0 Å². The lowest BCUT2D eigenvalue weighted by molar-refractivity contribution is 1.25. The Morgan fingerprint density at radius 1 is 1.78 bits per heavy atom.